The van der Waals surface area contributed by atoms with Crippen molar-refractivity contribution in [1.29, 1.82) is 0 Å². The van der Waals surface area contributed by atoms with Crippen LogP contribution in [0.15, 0.2) is 54.7 Å². The van der Waals surface area contributed by atoms with Crippen LogP contribution in [0.5, 0.6) is 0 Å². The van der Waals surface area contributed by atoms with E-state index in [1.807, 2.05) is 36.4 Å². The van der Waals surface area contributed by atoms with Crippen LogP contribution in [0, 0.1) is 0 Å². The highest BCUT2D eigenvalue weighted by molar-refractivity contribution is 6.31. The summed E-state index contributed by atoms with van der Waals surface area (Å²) in [6, 6.07) is 15.2. The van der Waals surface area contributed by atoms with Gasteiger partial charge in [0.05, 0.1) is 18.2 Å². The van der Waals surface area contributed by atoms with E-state index in [0.29, 0.717) is 10.6 Å². The molecule has 0 aliphatic rings. The lowest BCUT2D eigenvalue weighted by molar-refractivity contribution is 0.0600. The van der Waals surface area contributed by atoms with E-state index in [1.54, 1.807) is 18.3 Å². The summed E-state index contributed by atoms with van der Waals surface area (Å²) in [6.07, 6.45) is 2.77. The van der Waals surface area contributed by atoms with Crippen LogP contribution in [0.3, 0.4) is 0 Å². The molecule has 27 heavy (non-hydrogen) atoms. The van der Waals surface area contributed by atoms with Crippen LogP contribution in [0.2, 0.25) is 5.02 Å². The fraction of sp³-hybridized carbons (Fsp3) is 0.238. The van der Waals surface area contributed by atoms with Gasteiger partial charge in [-0.3, -0.25) is 4.98 Å². The number of carbonyl (C=O) groups is 1. The molecular formula is C21H22ClN3O2. The molecule has 0 radical (unpaired) electrons. The monoisotopic (exact) mass is 383 g/mol. The van der Waals surface area contributed by atoms with Crippen molar-refractivity contribution >= 4 is 34.2 Å². The molecule has 3 aromatic rings. The molecule has 0 amide bonds. The third-order valence-electron chi connectivity index (χ3n) is 4.25. The fourth-order valence-electron chi connectivity index (χ4n) is 2.82. The quantitative estimate of drug-likeness (QED) is 0.449. The first kappa shape index (κ1) is 19.1. The van der Waals surface area contributed by atoms with Gasteiger partial charge in [0, 0.05) is 35.4 Å². The van der Waals surface area contributed by atoms with Crippen molar-refractivity contribution < 1.29 is 9.53 Å². The van der Waals surface area contributed by atoms with Crippen LogP contribution >= 0.6 is 11.6 Å². The summed E-state index contributed by atoms with van der Waals surface area (Å²) in [5, 5.41) is 8.63. The molecule has 2 N–H and O–H groups in total. The highest BCUT2D eigenvalue weighted by Crippen LogP contribution is 2.24. The predicted molar refractivity (Wildman–Crippen MR) is 109 cm³/mol. The SMILES string of the molecule is COC(=O)c1ccc(CNCCCNc2ccnc3cc(Cl)ccc23)cc1. The normalized spacial score (nSPS) is 10.7. The van der Waals surface area contributed by atoms with Gasteiger partial charge in [-0.05, 0) is 54.9 Å². The Morgan fingerprint density at radius 2 is 1.93 bits per heavy atom. The maximum atomic E-state index is 11.4. The van der Waals surface area contributed by atoms with E-state index in [1.165, 1.54) is 7.11 Å². The molecule has 5 nitrogen and oxygen atoms in total. The summed E-state index contributed by atoms with van der Waals surface area (Å²) in [5.41, 5.74) is 3.65. The molecule has 0 aliphatic carbocycles. The second-order valence-corrected chi connectivity index (χ2v) is 6.60. The molecular weight excluding hydrogens is 362 g/mol. The molecule has 0 spiro atoms. The average molecular weight is 384 g/mol. The van der Waals surface area contributed by atoms with Gasteiger partial charge in [0.1, 0.15) is 0 Å². The first-order valence-electron chi connectivity index (χ1n) is 8.83. The van der Waals surface area contributed by atoms with Crippen molar-refractivity contribution in [3.63, 3.8) is 0 Å². The number of methoxy groups -OCH3 is 1. The molecule has 140 valence electrons. The highest BCUT2D eigenvalue weighted by atomic mass is 35.5. The van der Waals surface area contributed by atoms with Crippen LogP contribution < -0.4 is 10.6 Å². The summed E-state index contributed by atoms with van der Waals surface area (Å²) in [5.74, 6) is -0.313. The predicted octanol–water partition coefficient (Wildman–Crippen LogP) is 4.27. The molecule has 0 unspecified atom stereocenters. The molecule has 1 heterocycles. The van der Waals surface area contributed by atoms with E-state index in [9.17, 15) is 4.79 Å². The van der Waals surface area contributed by atoms with Gasteiger partial charge in [0.25, 0.3) is 0 Å². The van der Waals surface area contributed by atoms with Gasteiger partial charge in [-0.1, -0.05) is 23.7 Å². The second-order valence-electron chi connectivity index (χ2n) is 6.17. The minimum absolute atomic E-state index is 0.313. The number of nitrogens with one attached hydrogen (secondary N) is 2. The molecule has 3 rings (SSSR count). The van der Waals surface area contributed by atoms with Gasteiger partial charge >= 0.3 is 5.97 Å². The number of anilines is 1. The largest absolute Gasteiger partial charge is 0.465 e. The second kappa shape index (κ2) is 9.35. The summed E-state index contributed by atoms with van der Waals surface area (Å²) in [4.78, 5) is 15.8. The Balaban J connectivity index is 1.42. The lowest BCUT2D eigenvalue weighted by atomic mass is 10.1. The van der Waals surface area contributed by atoms with Crippen LogP contribution in [0.1, 0.15) is 22.3 Å². The number of esters is 1. The zero-order chi connectivity index (χ0) is 19.1. The Kier molecular flexibility index (Phi) is 6.63. The molecule has 0 saturated carbocycles. The number of ether oxygens (including phenoxy) is 1. The van der Waals surface area contributed by atoms with E-state index in [-0.39, 0.29) is 5.97 Å². The van der Waals surface area contributed by atoms with E-state index in [4.69, 9.17) is 16.3 Å². The zero-order valence-corrected chi connectivity index (χ0v) is 15.9. The average Bonchev–Trinajstić information content (AvgIpc) is 2.70. The summed E-state index contributed by atoms with van der Waals surface area (Å²) in [7, 11) is 1.38. The molecule has 2 aromatic carbocycles. The maximum Gasteiger partial charge on any atom is 0.337 e. The van der Waals surface area contributed by atoms with Crippen LogP contribution in [-0.2, 0) is 11.3 Å². The first-order valence-corrected chi connectivity index (χ1v) is 9.21. The fourth-order valence-corrected chi connectivity index (χ4v) is 2.99. The van der Waals surface area contributed by atoms with Crippen molar-refractivity contribution in [2.45, 2.75) is 13.0 Å². The number of hydrogen-bond donors (Lipinski definition) is 2. The highest BCUT2D eigenvalue weighted by Gasteiger charge is 2.04. The van der Waals surface area contributed by atoms with Crippen molar-refractivity contribution in [3.8, 4) is 0 Å². The van der Waals surface area contributed by atoms with Crippen molar-refractivity contribution in [2.24, 2.45) is 0 Å². The van der Waals surface area contributed by atoms with Gasteiger partial charge in [-0.15, -0.1) is 0 Å². The minimum atomic E-state index is -0.313. The number of pyridine rings is 1. The molecule has 1 aromatic heterocycles. The van der Waals surface area contributed by atoms with Gasteiger partial charge < -0.3 is 15.4 Å². The van der Waals surface area contributed by atoms with Crippen molar-refractivity contribution in [3.05, 3.63) is 70.9 Å². The first-order chi connectivity index (χ1) is 13.2. The Labute approximate surface area is 163 Å². The zero-order valence-electron chi connectivity index (χ0n) is 15.2. The lowest BCUT2D eigenvalue weighted by Gasteiger charge is -2.10. The van der Waals surface area contributed by atoms with E-state index in [0.717, 1.165) is 48.2 Å². The van der Waals surface area contributed by atoms with Crippen molar-refractivity contribution in [2.75, 3.05) is 25.5 Å². The van der Waals surface area contributed by atoms with Gasteiger partial charge in [0.2, 0.25) is 0 Å². The maximum absolute atomic E-state index is 11.4. The van der Waals surface area contributed by atoms with Gasteiger partial charge in [0.15, 0.2) is 0 Å². The Morgan fingerprint density at radius 3 is 2.70 bits per heavy atom. The topological polar surface area (TPSA) is 63.2 Å². The number of benzene rings is 2. The van der Waals surface area contributed by atoms with Crippen LogP contribution in [0.25, 0.3) is 10.9 Å². The van der Waals surface area contributed by atoms with E-state index in [2.05, 4.69) is 15.6 Å². The van der Waals surface area contributed by atoms with Gasteiger partial charge in [-0.2, -0.15) is 0 Å². The number of nitrogens with zero attached hydrogens (tertiary/aromatic N) is 1. The van der Waals surface area contributed by atoms with Crippen LogP contribution in [-0.4, -0.2) is 31.2 Å². The Hall–Kier alpha value is -2.63. The lowest BCUT2D eigenvalue weighted by Crippen LogP contribution is -2.17. The molecule has 6 heteroatoms. The Bertz CT molecular complexity index is 913. The number of hydrogen-bond acceptors (Lipinski definition) is 5. The number of carbonyl (C=O) groups excluding carboxylic acids is 1. The number of fused-ring (bicyclic) bond motifs is 1. The van der Waals surface area contributed by atoms with E-state index < -0.39 is 0 Å². The molecule has 0 fully saturated rings. The number of aromatic nitrogens is 1. The summed E-state index contributed by atoms with van der Waals surface area (Å²) in [6.45, 7) is 2.51. The standard InChI is InChI=1S/C21H22ClN3O2/c1-27-21(26)16-5-3-15(4-6-16)14-23-10-2-11-24-19-9-12-25-20-13-17(22)7-8-18(19)20/h3-9,12-13,23H,2,10-11,14H2,1H3,(H,24,25). The number of rotatable bonds is 8. The Morgan fingerprint density at radius 1 is 1.11 bits per heavy atom. The molecule has 0 atom stereocenters. The third-order valence-corrected chi connectivity index (χ3v) is 4.49. The molecule has 0 aliphatic heterocycles. The van der Waals surface area contributed by atoms with Gasteiger partial charge in [-0.25, -0.2) is 4.79 Å². The smallest absolute Gasteiger partial charge is 0.337 e. The summed E-state index contributed by atoms with van der Waals surface area (Å²) >= 11 is 6.02. The summed E-state index contributed by atoms with van der Waals surface area (Å²) < 4.78 is 4.70. The van der Waals surface area contributed by atoms with Crippen molar-refractivity contribution in [1.82, 2.24) is 10.3 Å². The van der Waals surface area contributed by atoms with E-state index >= 15 is 0 Å². The molecule has 0 saturated heterocycles. The molecule has 0 bridgehead atoms. The van der Waals surface area contributed by atoms with Crippen LogP contribution in [0.4, 0.5) is 5.69 Å². The minimum Gasteiger partial charge on any atom is -0.465 e. The number of halogens is 1. The third kappa shape index (κ3) is 5.18.